The van der Waals surface area contributed by atoms with Crippen molar-refractivity contribution < 1.29 is 9.50 Å². The molecular formula is C13H18BrFN2O. The van der Waals surface area contributed by atoms with Gasteiger partial charge in [-0.15, -0.1) is 0 Å². The number of hydrogen-bond donors (Lipinski definition) is 2. The van der Waals surface area contributed by atoms with Crippen molar-refractivity contribution in [3.05, 3.63) is 28.0 Å². The Bertz CT molecular complexity index is 422. The molecule has 1 aromatic rings. The van der Waals surface area contributed by atoms with E-state index in [9.17, 15) is 9.50 Å². The van der Waals surface area contributed by atoms with Crippen LogP contribution in [0.15, 0.2) is 16.6 Å². The predicted molar refractivity (Wildman–Crippen MR) is 73.2 cm³/mol. The van der Waals surface area contributed by atoms with Gasteiger partial charge in [0, 0.05) is 42.3 Å². The molecule has 5 heteroatoms. The number of phenolic OH excluding ortho intramolecular Hbond substituents is 1. The second-order valence-electron chi connectivity index (χ2n) is 4.54. The van der Waals surface area contributed by atoms with Crippen LogP contribution in [0, 0.1) is 5.82 Å². The van der Waals surface area contributed by atoms with Crippen molar-refractivity contribution >= 4 is 15.9 Å². The Hall–Kier alpha value is -0.650. The lowest BCUT2D eigenvalue weighted by molar-refractivity contribution is 0.166. The molecule has 3 nitrogen and oxygen atoms in total. The number of nitrogens with zero attached hydrogens (tertiary/aromatic N) is 1. The van der Waals surface area contributed by atoms with Gasteiger partial charge >= 0.3 is 0 Å². The average molecular weight is 317 g/mol. The highest BCUT2D eigenvalue weighted by Gasteiger charge is 2.24. The Morgan fingerprint density at radius 1 is 1.44 bits per heavy atom. The van der Waals surface area contributed by atoms with E-state index in [0.717, 1.165) is 32.6 Å². The average Bonchev–Trinajstić information content (AvgIpc) is 2.37. The third-order valence-corrected chi connectivity index (χ3v) is 3.85. The van der Waals surface area contributed by atoms with Gasteiger partial charge in [-0.05, 0) is 18.6 Å². The normalized spacial score (nSPS) is 18.8. The van der Waals surface area contributed by atoms with E-state index in [1.807, 2.05) is 6.07 Å². The first-order valence-electron chi connectivity index (χ1n) is 6.26. The highest BCUT2D eigenvalue weighted by atomic mass is 79.9. The van der Waals surface area contributed by atoms with E-state index in [2.05, 4.69) is 33.1 Å². The fraction of sp³-hybridized carbons (Fsp3) is 0.538. The molecule has 0 unspecified atom stereocenters. The largest absolute Gasteiger partial charge is 0.505 e. The predicted octanol–water partition coefficient (Wildman–Crippen LogP) is 2.65. The second-order valence-corrected chi connectivity index (χ2v) is 5.45. The molecule has 1 fully saturated rings. The molecular weight excluding hydrogens is 299 g/mol. The SMILES string of the molecule is CC[C@@H](c1cc(Br)cc(F)c1O)N1CCNCC1. The number of halogens is 2. The Morgan fingerprint density at radius 2 is 2.11 bits per heavy atom. The molecule has 0 bridgehead atoms. The number of piperazine rings is 1. The van der Waals surface area contributed by atoms with Gasteiger partial charge in [0.15, 0.2) is 11.6 Å². The van der Waals surface area contributed by atoms with Crippen LogP contribution in [0.3, 0.4) is 0 Å². The minimum absolute atomic E-state index is 0.0686. The summed E-state index contributed by atoms with van der Waals surface area (Å²) in [4.78, 5) is 2.29. The Kier molecular flexibility index (Phi) is 4.59. The highest BCUT2D eigenvalue weighted by Crippen LogP contribution is 2.35. The van der Waals surface area contributed by atoms with Gasteiger partial charge < -0.3 is 10.4 Å². The number of hydrogen-bond acceptors (Lipinski definition) is 3. The lowest BCUT2D eigenvalue weighted by atomic mass is 10.0. The molecule has 1 aromatic carbocycles. The smallest absolute Gasteiger partial charge is 0.166 e. The van der Waals surface area contributed by atoms with Crippen LogP contribution < -0.4 is 5.32 Å². The Labute approximate surface area is 115 Å². The van der Waals surface area contributed by atoms with E-state index in [1.54, 1.807) is 0 Å². The zero-order chi connectivity index (χ0) is 13.1. The van der Waals surface area contributed by atoms with Crippen molar-refractivity contribution in [3.8, 4) is 5.75 Å². The van der Waals surface area contributed by atoms with Gasteiger partial charge in [-0.2, -0.15) is 0 Å². The van der Waals surface area contributed by atoms with E-state index < -0.39 is 5.82 Å². The van der Waals surface area contributed by atoms with Gasteiger partial charge in [-0.3, -0.25) is 4.90 Å². The molecule has 2 rings (SSSR count). The van der Waals surface area contributed by atoms with Crippen molar-refractivity contribution in [2.45, 2.75) is 19.4 Å². The molecule has 1 aliphatic rings. The van der Waals surface area contributed by atoms with Crippen molar-refractivity contribution in [3.63, 3.8) is 0 Å². The second kappa shape index (κ2) is 5.99. The quantitative estimate of drug-likeness (QED) is 0.900. The van der Waals surface area contributed by atoms with Crippen LogP contribution in [-0.2, 0) is 0 Å². The van der Waals surface area contributed by atoms with Crippen molar-refractivity contribution in [1.29, 1.82) is 0 Å². The Morgan fingerprint density at radius 3 is 2.72 bits per heavy atom. The maximum Gasteiger partial charge on any atom is 0.166 e. The minimum atomic E-state index is -0.562. The molecule has 0 saturated carbocycles. The zero-order valence-electron chi connectivity index (χ0n) is 10.4. The first-order valence-corrected chi connectivity index (χ1v) is 7.05. The van der Waals surface area contributed by atoms with Crippen LogP contribution in [0.25, 0.3) is 0 Å². The zero-order valence-corrected chi connectivity index (χ0v) is 12.0. The van der Waals surface area contributed by atoms with Gasteiger partial charge in [0.1, 0.15) is 0 Å². The van der Waals surface area contributed by atoms with Crippen molar-refractivity contribution in [2.75, 3.05) is 26.2 Å². The maximum atomic E-state index is 13.6. The van der Waals surface area contributed by atoms with Gasteiger partial charge in [0.25, 0.3) is 0 Å². The fourth-order valence-electron chi connectivity index (χ4n) is 2.51. The molecule has 0 aliphatic carbocycles. The molecule has 100 valence electrons. The maximum absolute atomic E-state index is 13.6. The number of aromatic hydroxyl groups is 1. The molecule has 18 heavy (non-hydrogen) atoms. The number of phenols is 1. The third kappa shape index (κ3) is 2.84. The van der Waals surface area contributed by atoms with E-state index in [4.69, 9.17) is 0 Å². The molecule has 0 spiro atoms. The highest BCUT2D eigenvalue weighted by molar-refractivity contribution is 9.10. The summed E-state index contributed by atoms with van der Waals surface area (Å²) in [6.45, 7) is 5.78. The first-order chi connectivity index (χ1) is 8.63. The van der Waals surface area contributed by atoms with Gasteiger partial charge in [0.05, 0.1) is 0 Å². The van der Waals surface area contributed by atoms with E-state index in [1.165, 1.54) is 6.07 Å². The van der Waals surface area contributed by atoms with Crippen LogP contribution in [-0.4, -0.2) is 36.2 Å². The topological polar surface area (TPSA) is 35.5 Å². The van der Waals surface area contributed by atoms with Crippen LogP contribution in [0.2, 0.25) is 0 Å². The summed E-state index contributed by atoms with van der Waals surface area (Å²) in [7, 11) is 0. The van der Waals surface area contributed by atoms with Crippen molar-refractivity contribution in [1.82, 2.24) is 10.2 Å². The summed E-state index contributed by atoms with van der Waals surface area (Å²) >= 11 is 3.29. The summed E-state index contributed by atoms with van der Waals surface area (Å²) in [5, 5.41) is 13.2. The summed E-state index contributed by atoms with van der Waals surface area (Å²) in [6.07, 6.45) is 0.851. The molecule has 2 N–H and O–H groups in total. The third-order valence-electron chi connectivity index (χ3n) is 3.40. The summed E-state index contributed by atoms with van der Waals surface area (Å²) < 4.78 is 14.3. The van der Waals surface area contributed by atoms with Crippen LogP contribution >= 0.6 is 15.9 Å². The Balaban J connectivity index is 2.31. The molecule has 0 radical (unpaired) electrons. The van der Waals surface area contributed by atoms with E-state index in [0.29, 0.717) is 10.0 Å². The first kappa shape index (κ1) is 13.8. The molecule has 1 saturated heterocycles. The lowest BCUT2D eigenvalue weighted by Crippen LogP contribution is -2.45. The minimum Gasteiger partial charge on any atom is -0.505 e. The van der Waals surface area contributed by atoms with Crippen LogP contribution in [0.1, 0.15) is 24.9 Å². The van der Waals surface area contributed by atoms with E-state index in [-0.39, 0.29) is 11.8 Å². The fourth-order valence-corrected chi connectivity index (χ4v) is 2.96. The summed E-state index contributed by atoms with van der Waals surface area (Å²) in [6, 6.07) is 3.18. The molecule has 1 aliphatic heterocycles. The monoisotopic (exact) mass is 316 g/mol. The van der Waals surface area contributed by atoms with E-state index >= 15 is 0 Å². The van der Waals surface area contributed by atoms with Gasteiger partial charge in [0.2, 0.25) is 0 Å². The van der Waals surface area contributed by atoms with Crippen LogP contribution in [0.4, 0.5) is 4.39 Å². The number of nitrogens with one attached hydrogen (secondary N) is 1. The molecule has 1 heterocycles. The van der Waals surface area contributed by atoms with Crippen LogP contribution in [0.5, 0.6) is 5.75 Å². The molecule has 0 aromatic heterocycles. The number of rotatable bonds is 3. The van der Waals surface area contributed by atoms with Crippen molar-refractivity contribution in [2.24, 2.45) is 0 Å². The number of benzene rings is 1. The summed E-state index contributed by atoms with van der Waals surface area (Å²) in [5.41, 5.74) is 0.672. The standard InChI is InChI=1S/C13H18BrFN2O/c1-2-12(17-5-3-16-4-6-17)10-7-9(14)8-11(15)13(10)18/h7-8,12,16,18H,2-6H2,1H3/t12-/m0/s1. The molecule has 0 amide bonds. The summed E-state index contributed by atoms with van der Waals surface area (Å²) in [5.74, 6) is -0.781. The molecule has 1 atom stereocenters. The lowest BCUT2D eigenvalue weighted by Gasteiger charge is -2.35. The van der Waals surface area contributed by atoms with Gasteiger partial charge in [-0.1, -0.05) is 22.9 Å². The van der Waals surface area contributed by atoms with Gasteiger partial charge in [-0.25, -0.2) is 4.39 Å².